The zero-order valence-electron chi connectivity index (χ0n) is 37.2. The van der Waals surface area contributed by atoms with Gasteiger partial charge in [-0.25, -0.2) is 9.97 Å². The first kappa shape index (κ1) is 32.0. The highest BCUT2D eigenvalue weighted by Crippen LogP contribution is 2.43. The normalized spacial score (nSPS) is 12.7. The van der Waals surface area contributed by atoms with Crippen LogP contribution in [0.4, 0.5) is 0 Å². The van der Waals surface area contributed by atoms with E-state index in [9.17, 15) is 4.11 Å². The molecule has 6 heteroatoms. The number of benzene rings is 9. The number of nitrogens with zero attached hydrogens (tertiary/aromatic N) is 6. The van der Waals surface area contributed by atoms with Crippen molar-refractivity contribution in [1.29, 1.82) is 0 Å². The summed E-state index contributed by atoms with van der Waals surface area (Å²) in [4.78, 5) is 11.3. The van der Waals surface area contributed by atoms with E-state index in [4.69, 9.17) is 9.97 Å². The molecule has 0 bridgehead atoms. The topological polar surface area (TPSA) is 45.5 Å². The van der Waals surface area contributed by atoms with Gasteiger partial charge >= 0.3 is 0 Å². The molecule has 0 fully saturated rings. The van der Waals surface area contributed by atoms with Crippen molar-refractivity contribution < 1.29 is 4.11 Å². The van der Waals surface area contributed by atoms with E-state index in [1.54, 1.807) is 0 Å². The molecule has 0 saturated carbocycles. The molecule has 0 atom stereocenters. The summed E-state index contributed by atoms with van der Waals surface area (Å²) in [6.45, 7) is 0. The summed E-state index contributed by atoms with van der Waals surface area (Å²) in [5, 5.41) is 8.40. The van der Waals surface area contributed by atoms with Crippen LogP contribution in [0.25, 0.3) is 122 Å². The molecule has 0 aliphatic carbocycles. The van der Waals surface area contributed by atoms with Gasteiger partial charge in [0.05, 0.1) is 65.2 Å². The molecule has 64 heavy (non-hydrogen) atoms. The third-order valence-corrected chi connectivity index (χ3v) is 13.0. The fourth-order valence-corrected chi connectivity index (χ4v) is 10.4. The zero-order chi connectivity index (χ0) is 44.5. The van der Waals surface area contributed by atoms with E-state index in [2.05, 4.69) is 170 Å². The van der Waals surface area contributed by atoms with Crippen molar-refractivity contribution in [3.05, 3.63) is 218 Å². The Morgan fingerprint density at radius 3 is 0.797 bits per heavy atom. The van der Waals surface area contributed by atoms with Gasteiger partial charge in [0.15, 0.2) is 5.82 Å². The largest absolute Gasteiger partial charge is 0.308 e. The second-order valence-electron chi connectivity index (χ2n) is 16.3. The second kappa shape index (κ2) is 13.4. The van der Waals surface area contributed by atoms with E-state index in [-0.39, 0.29) is 18.1 Å². The lowest BCUT2D eigenvalue weighted by molar-refractivity contribution is 0.987. The Labute approximate surface area is 371 Å². The van der Waals surface area contributed by atoms with Gasteiger partial charge in [-0.1, -0.05) is 152 Å². The molecule has 6 nitrogen and oxygen atoms in total. The van der Waals surface area contributed by atoms with Crippen LogP contribution in [0, 0.1) is 0 Å². The van der Waals surface area contributed by atoms with Crippen molar-refractivity contribution in [3.8, 4) is 34.4 Å². The summed E-state index contributed by atoms with van der Waals surface area (Å²) in [5.74, 6) is 1.55. The summed E-state index contributed by atoms with van der Waals surface area (Å²) in [5.41, 5.74) is 8.70. The lowest BCUT2D eigenvalue weighted by Gasteiger charge is -2.20. The van der Waals surface area contributed by atoms with E-state index in [0.29, 0.717) is 34.4 Å². The Hall–Kier alpha value is -8.74. The van der Waals surface area contributed by atoms with Gasteiger partial charge in [0.25, 0.3) is 0 Å². The summed E-state index contributed by atoms with van der Waals surface area (Å²) in [7, 11) is 0. The van der Waals surface area contributed by atoms with Gasteiger partial charge in [-0.2, -0.15) is 0 Å². The summed E-state index contributed by atoms with van der Waals surface area (Å²) >= 11 is 0. The van der Waals surface area contributed by atoms with E-state index >= 15 is 0 Å². The van der Waals surface area contributed by atoms with Gasteiger partial charge in [0, 0.05) is 49.2 Å². The fraction of sp³-hybridized carbons (Fsp3) is 0. The molecule has 0 N–H and O–H groups in total. The lowest BCUT2D eigenvalue weighted by atomic mass is 10.1. The third-order valence-electron chi connectivity index (χ3n) is 13.0. The molecule has 0 spiro atoms. The van der Waals surface area contributed by atoms with Crippen molar-refractivity contribution >= 4 is 87.2 Å². The highest BCUT2D eigenvalue weighted by molar-refractivity contribution is 6.13. The first-order valence-corrected chi connectivity index (χ1v) is 21.5. The first-order chi connectivity index (χ1) is 33.0. The van der Waals surface area contributed by atoms with E-state index in [0.717, 1.165) is 87.2 Å². The molecule has 0 aliphatic heterocycles. The second-order valence-corrected chi connectivity index (χ2v) is 16.3. The molecule has 298 valence electrons. The van der Waals surface area contributed by atoms with Crippen LogP contribution in [0.15, 0.2) is 218 Å². The SMILES string of the molecule is [2H]c1c([2H])c(-n2c3ccccc3c3ccccc32)c(-c2nc(-n3c4ccccc4c4ccccc43)cc(-n3c4ccccc4c4ccccc43)n2)c(-n2c3ccccc3c3ccccc32)c1[2H]. The Morgan fingerprint density at radius 2 is 0.531 bits per heavy atom. The van der Waals surface area contributed by atoms with E-state index < -0.39 is 0 Å². The minimum absolute atomic E-state index is 0.0969. The number of para-hydroxylation sites is 8. The number of hydrogen-bond donors (Lipinski definition) is 0. The molecule has 0 unspecified atom stereocenters. The predicted molar refractivity (Wildman–Crippen MR) is 265 cm³/mol. The summed E-state index contributed by atoms with van der Waals surface area (Å²) in [6, 6.07) is 68.1. The maximum absolute atomic E-state index is 10.1. The molecule has 0 aliphatic rings. The molecule has 5 aromatic heterocycles. The minimum atomic E-state index is -0.196. The third kappa shape index (κ3) is 4.85. The van der Waals surface area contributed by atoms with Gasteiger partial charge in [-0.3, -0.25) is 9.13 Å². The molecule has 14 aromatic rings. The van der Waals surface area contributed by atoms with Crippen LogP contribution >= 0.6 is 0 Å². The average Bonchev–Trinajstić information content (AvgIpc) is 4.11. The van der Waals surface area contributed by atoms with E-state index in [1.165, 1.54) is 0 Å². The van der Waals surface area contributed by atoms with Crippen LogP contribution in [-0.2, 0) is 0 Å². The van der Waals surface area contributed by atoms with E-state index in [1.807, 2.05) is 48.5 Å². The van der Waals surface area contributed by atoms with Crippen molar-refractivity contribution in [2.75, 3.05) is 0 Å². The Morgan fingerprint density at radius 1 is 0.297 bits per heavy atom. The Bertz CT molecular complexity index is 3910. The van der Waals surface area contributed by atoms with Crippen molar-refractivity contribution in [3.63, 3.8) is 0 Å². The first-order valence-electron chi connectivity index (χ1n) is 23.0. The minimum Gasteiger partial charge on any atom is -0.308 e. The summed E-state index contributed by atoms with van der Waals surface area (Å²) in [6.07, 6.45) is 0. The number of rotatable bonds is 5. The molecule has 0 amide bonds. The molecule has 5 heterocycles. The van der Waals surface area contributed by atoms with Gasteiger partial charge in [0.1, 0.15) is 11.6 Å². The van der Waals surface area contributed by atoms with Crippen LogP contribution in [0.1, 0.15) is 4.11 Å². The number of aromatic nitrogens is 6. The maximum atomic E-state index is 10.1. The highest BCUT2D eigenvalue weighted by Gasteiger charge is 2.26. The molecule has 14 rings (SSSR count). The molecule has 0 radical (unpaired) electrons. The van der Waals surface area contributed by atoms with Crippen molar-refractivity contribution in [2.24, 2.45) is 0 Å². The maximum Gasteiger partial charge on any atom is 0.168 e. The fourth-order valence-electron chi connectivity index (χ4n) is 10.4. The predicted octanol–water partition coefficient (Wildman–Crippen LogP) is 14.5. The quantitative estimate of drug-likeness (QED) is 0.174. The molecular weight excluding hydrogens is 781 g/mol. The van der Waals surface area contributed by atoms with Gasteiger partial charge in [-0.15, -0.1) is 0 Å². The van der Waals surface area contributed by atoms with Crippen LogP contribution < -0.4 is 0 Å². The van der Waals surface area contributed by atoms with Crippen LogP contribution in [0.5, 0.6) is 0 Å². The lowest BCUT2D eigenvalue weighted by Crippen LogP contribution is -2.10. The Balaban J connectivity index is 1.23. The molecule has 0 saturated heterocycles. The van der Waals surface area contributed by atoms with Gasteiger partial charge < -0.3 is 9.13 Å². The molecular formula is C58H36N6. The van der Waals surface area contributed by atoms with Crippen LogP contribution in [-0.4, -0.2) is 28.2 Å². The number of fused-ring (bicyclic) bond motifs is 12. The monoisotopic (exact) mass is 819 g/mol. The van der Waals surface area contributed by atoms with Crippen molar-refractivity contribution in [1.82, 2.24) is 28.2 Å². The summed E-state index contributed by atoms with van der Waals surface area (Å²) < 4.78 is 38.6. The Kier molecular flexibility index (Phi) is 6.70. The average molecular weight is 820 g/mol. The van der Waals surface area contributed by atoms with Gasteiger partial charge in [-0.05, 0) is 60.6 Å². The molecule has 9 aromatic carbocycles. The standard InChI is InChI=1S/C58H36N6/c1-9-26-45-37(18-1)38-19-2-10-27-46(38)61(45)53-34-17-35-54(62-47-28-11-3-20-39(47)40-21-4-12-29-48(40)62)57(53)58-59-55(63-49-30-13-5-22-41(49)42-23-6-14-31-50(42)63)36-56(60-58)64-51-32-15-7-24-43(51)44-25-8-16-33-52(44)64/h1-36H/i17D,34D,35D. The van der Waals surface area contributed by atoms with Crippen LogP contribution in [0.2, 0.25) is 0 Å². The highest BCUT2D eigenvalue weighted by atomic mass is 15.2. The van der Waals surface area contributed by atoms with Crippen molar-refractivity contribution in [2.45, 2.75) is 0 Å². The zero-order valence-corrected chi connectivity index (χ0v) is 34.2. The van der Waals surface area contributed by atoms with Crippen LogP contribution in [0.3, 0.4) is 0 Å². The smallest absolute Gasteiger partial charge is 0.168 e. The van der Waals surface area contributed by atoms with Gasteiger partial charge in [0.2, 0.25) is 0 Å². The number of hydrogen-bond acceptors (Lipinski definition) is 2.